The predicted molar refractivity (Wildman–Crippen MR) is 93.7 cm³/mol. The minimum atomic E-state index is 0. The second-order valence-electron chi connectivity index (χ2n) is 6.45. The Balaban J connectivity index is 0.00000192. The maximum Gasteiger partial charge on any atom is 0.227 e. The zero-order chi connectivity index (χ0) is 15.4. The van der Waals surface area contributed by atoms with Crippen LogP contribution in [0, 0.1) is 12.8 Å². The van der Waals surface area contributed by atoms with Crippen LogP contribution < -0.4 is 5.32 Å². The molecule has 2 fully saturated rings. The molecule has 2 aliphatic heterocycles. The van der Waals surface area contributed by atoms with E-state index in [1.54, 1.807) is 0 Å². The minimum Gasteiger partial charge on any atom is -0.340 e. The van der Waals surface area contributed by atoms with Gasteiger partial charge in [0.2, 0.25) is 5.91 Å². The molecule has 0 aliphatic carbocycles. The van der Waals surface area contributed by atoms with Crippen LogP contribution in [0.15, 0.2) is 18.5 Å². The van der Waals surface area contributed by atoms with E-state index in [-0.39, 0.29) is 18.3 Å². The summed E-state index contributed by atoms with van der Waals surface area (Å²) >= 11 is 0. The summed E-state index contributed by atoms with van der Waals surface area (Å²) in [6, 6.07) is 2.06. The summed E-state index contributed by atoms with van der Waals surface area (Å²) < 4.78 is 0. The summed E-state index contributed by atoms with van der Waals surface area (Å²) in [5.41, 5.74) is 2.56. The van der Waals surface area contributed by atoms with Gasteiger partial charge in [-0.2, -0.15) is 0 Å². The van der Waals surface area contributed by atoms with E-state index in [0.717, 1.165) is 58.7 Å². The van der Waals surface area contributed by atoms with Gasteiger partial charge in [0.05, 0.1) is 5.92 Å². The Hall–Kier alpha value is -1.17. The molecule has 3 heterocycles. The standard InChI is InChI=1S/C17H26N4O.ClH/c1-14-4-5-19-11-16(14)13-20-8-2-3-15(12-20)17(22)21-9-6-18-7-10-21;/h4-5,11,15,18H,2-3,6-10,12-13H2,1H3;1H. The average Bonchev–Trinajstić information content (AvgIpc) is 2.57. The summed E-state index contributed by atoms with van der Waals surface area (Å²) in [4.78, 5) is 21.4. The number of amides is 1. The molecule has 1 N–H and O–H groups in total. The van der Waals surface area contributed by atoms with Gasteiger partial charge in [0.25, 0.3) is 0 Å². The van der Waals surface area contributed by atoms with Crippen LogP contribution in [0.3, 0.4) is 0 Å². The molecule has 1 unspecified atom stereocenters. The number of carbonyl (C=O) groups excluding carboxylic acids is 1. The number of piperidine rings is 1. The van der Waals surface area contributed by atoms with Gasteiger partial charge in [0.15, 0.2) is 0 Å². The fraction of sp³-hybridized carbons (Fsp3) is 0.647. The molecule has 1 amide bonds. The first-order chi connectivity index (χ1) is 10.7. The van der Waals surface area contributed by atoms with Crippen molar-refractivity contribution in [1.82, 2.24) is 20.1 Å². The summed E-state index contributed by atoms with van der Waals surface area (Å²) in [5, 5.41) is 3.31. The molecule has 0 bridgehead atoms. The van der Waals surface area contributed by atoms with Crippen molar-refractivity contribution in [3.8, 4) is 0 Å². The van der Waals surface area contributed by atoms with Crippen molar-refractivity contribution < 1.29 is 4.79 Å². The second-order valence-corrected chi connectivity index (χ2v) is 6.45. The monoisotopic (exact) mass is 338 g/mol. The van der Waals surface area contributed by atoms with Gasteiger partial charge >= 0.3 is 0 Å². The minimum absolute atomic E-state index is 0. The third-order valence-electron chi connectivity index (χ3n) is 4.82. The van der Waals surface area contributed by atoms with Crippen molar-refractivity contribution in [1.29, 1.82) is 0 Å². The zero-order valence-electron chi connectivity index (χ0n) is 13.8. The largest absolute Gasteiger partial charge is 0.340 e. The molecule has 2 saturated heterocycles. The van der Waals surface area contributed by atoms with E-state index in [2.05, 4.69) is 28.2 Å². The van der Waals surface area contributed by atoms with Crippen LogP contribution in [-0.2, 0) is 11.3 Å². The number of nitrogens with zero attached hydrogens (tertiary/aromatic N) is 3. The molecule has 0 spiro atoms. The van der Waals surface area contributed by atoms with Crippen LogP contribution in [0.5, 0.6) is 0 Å². The van der Waals surface area contributed by atoms with Gasteiger partial charge in [-0.05, 0) is 43.5 Å². The molecule has 0 radical (unpaired) electrons. The number of aryl methyl sites for hydroxylation is 1. The van der Waals surface area contributed by atoms with E-state index in [9.17, 15) is 4.79 Å². The van der Waals surface area contributed by atoms with Crippen molar-refractivity contribution in [2.75, 3.05) is 39.3 Å². The molecule has 2 aliphatic rings. The van der Waals surface area contributed by atoms with Crippen LogP contribution in [0.1, 0.15) is 24.0 Å². The van der Waals surface area contributed by atoms with Gasteiger partial charge in [-0.25, -0.2) is 0 Å². The number of nitrogens with one attached hydrogen (secondary N) is 1. The molecular weight excluding hydrogens is 312 g/mol. The van der Waals surface area contributed by atoms with Gasteiger partial charge in [-0.1, -0.05) is 0 Å². The lowest BCUT2D eigenvalue weighted by Crippen LogP contribution is -2.51. The number of hydrogen-bond acceptors (Lipinski definition) is 4. The van der Waals surface area contributed by atoms with E-state index in [4.69, 9.17) is 0 Å². The predicted octanol–water partition coefficient (Wildman–Crippen LogP) is 1.46. The third-order valence-corrected chi connectivity index (χ3v) is 4.82. The molecule has 128 valence electrons. The highest BCUT2D eigenvalue weighted by atomic mass is 35.5. The van der Waals surface area contributed by atoms with Crippen LogP contribution in [0.4, 0.5) is 0 Å². The lowest BCUT2D eigenvalue weighted by Gasteiger charge is -2.36. The Morgan fingerprint density at radius 2 is 2.13 bits per heavy atom. The van der Waals surface area contributed by atoms with Gasteiger partial charge in [-0.3, -0.25) is 14.7 Å². The Labute approximate surface area is 144 Å². The fourth-order valence-corrected chi connectivity index (χ4v) is 3.45. The Kier molecular flexibility index (Phi) is 6.81. The van der Waals surface area contributed by atoms with Crippen LogP contribution in [0.25, 0.3) is 0 Å². The Bertz CT molecular complexity index is 519. The van der Waals surface area contributed by atoms with Crippen LogP contribution >= 0.6 is 12.4 Å². The molecule has 0 aromatic carbocycles. The number of aromatic nitrogens is 1. The average molecular weight is 339 g/mol. The van der Waals surface area contributed by atoms with Gasteiger partial charge in [0, 0.05) is 51.7 Å². The van der Waals surface area contributed by atoms with Gasteiger partial charge in [-0.15, -0.1) is 12.4 Å². The smallest absolute Gasteiger partial charge is 0.227 e. The maximum absolute atomic E-state index is 12.7. The normalized spacial score (nSPS) is 22.5. The molecule has 1 aromatic heterocycles. The number of hydrogen-bond donors (Lipinski definition) is 1. The van der Waals surface area contributed by atoms with E-state index in [1.165, 1.54) is 11.1 Å². The van der Waals surface area contributed by atoms with E-state index in [1.807, 2.05) is 17.3 Å². The zero-order valence-corrected chi connectivity index (χ0v) is 14.6. The second kappa shape index (κ2) is 8.62. The first-order valence-electron chi connectivity index (χ1n) is 8.35. The number of carbonyl (C=O) groups is 1. The summed E-state index contributed by atoms with van der Waals surface area (Å²) in [6.45, 7) is 8.58. The highest BCUT2D eigenvalue weighted by molar-refractivity contribution is 5.85. The first-order valence-corrected chi connectivity index (χ1v) is 8.35. The highest BCUT2D eigenvalue weighted by Crippen LogP contribution is 2.21. The van der Waals surface area contributed by atoms with Crippen molar-refractivity contribution in [3.05, 3.63) is 29.6 Å². The maximum atomic E-state index is 12.7. The van der Waals surface area contributed by atoms with Gasteiger partial charge < -0.3 is 10.2 Å². The van der Waals surface area contributed by atoms with Crippen molar-refractivity contribution in [2.24, 2.45) is 5.92 Å². The topological polar surface area (TPSA) is 48.5 Å². The lowest BCUT2D eigenvalue weighted by molar-refractivity contribution is -0.138. The Morgan fingerprint density at radius 1 is 1.35 bits per heavy atom. The van der Waals surface area contributed by atoms with Crippen molar-refractivity contribution in [2.45, 2.75) is 26.3 Å². The summed E-state index contributed by atoms with van der Waals surface area (Å²) in [7, 11) is 0. The Morgan fingerprint density at radius 3 is 2.87 bits per heavy atom. The SMILES string of the molecule is Cc1ccncc1CN1CCCC(C(=O)N2CCNCC2)C1.Cl. The molecule has 1 atom stereocenters. The van der Waals surface area contributed by atoms with E-state index < -0.39 is 0 Å². The number of likely N-dealkylation sites (tertiary alicyclic amines) is 1. The van der Waals surface area contributed by atoms with Crippen LogP contribution in [-0.4, -0.2) is 60.0 Å². The number of pyridine rings is 1. The van der Waals surface area contributed by atoms with Crippen molar-refractivity contribution in [3.63, 3.8) is 0 Å². The fourth-order valence-electron chi connectivity index (χ4n) is 3.45. The lowest BCUT2D eigenvalue weighted by atomic mass is 9.95. The molecule has 6 heteroatoms. The van der Waals surface area contributed by atoms with Gasteiger partial charge in [0.1, 0.15) is 0 Å². The third kappa shape index (κ3) is 4.66. The highest BCUT2D eigenvalue weighted by Gasteiger charge is 2.29. The molecule has 1 aromatic rings. The number of halogens is 1. The van der Waals surface area contributed by atoms with E-state index >= 15 is 0 Å². The molecular formula is C17H27ClN4O. The van der Waals surface area contributed by atoms with E-state index in [0.29, 0.717) is 5.91 Å². The van der Waals surface area contributed by atoms with Crippen molar-refractivity contribution >= 4 is 18.3 Å². The summed E-state index contributed by atoms with van der Waals surface area (Å²) in [6.07, 6.45) is 5.94. The molecule has 3 rings (SSSR count). The molecule has 0 saturated carbocycles. The summed E-state index contributed by atoms with van der Waals surface area (Å²) in [5.74, 6) is 0.526. The number of rotatable bonds is 3. The molecule has 5 nitrogen and oxygen atoms in total. The number of piperazine rings is 1. The first kappa shape index (κ1) is 18.2. The quantitative estimate of drug-likeness (QED) is 0.906. The molecule has 23 heavy (non-hydrogen) atoms. The van der Waals surface area contributed by atoms with Crippen LogP contribution in [0.2, 0.25) is 0 Å².